The van der Waals surface area contributed by atoms with Crippen LogP contribution in [-0.2, 0) is 0 Å². The quantitative estimate of drug-likeness (QED) is 0.773. The van der Waals surface area contributed by atoms with Crippen LogP contribution in [0, 0.1) is 17.3 Å². The Labute approximate surface area is 94.2 Å². The number of nitrogens with two attached hydrogens (primary N) is 1. The van der Waals surface area contributed by atoms with Gasteiger partial charge in [0.1, 0.15) is 0 Å². The summed E-state index contributed by atoms with van der Waals surface area (Å²) in [6.45, 7) is 9.60. The molecule has 0 amide bonds. The van der Waals surface area contributed by atoms with Crippen molar-refractivity contribution in [1.82, 2.24) is 4.90 Å². The molecule has 0 spiro atoms. The molecule has 0 bridgehead atoms. The Morgan fingerprint density at radius 2 is 2.00 bits per heavy atom. The number of hydrogen-bond acceptors (Lipinski definition) is 2. The predicted molar refractivity (Wildman–Crippen MR) is 64.7 cm³/mol. The maximum absolute atomic E-state index is 5.83. The lowest BCUT2D eigenvalue weighted by atomic mass is 9.93. The molecule has 2 atom stereocenters. The highest BCUT2D eigenvalue weighted by molar-refractivity contribution is 4.87. The van der Waals surface area contributed by atoms with Crippen molar-refractivity contribution in [1.29, 1.82) is 0 Å². The Balaban J connectivity index is 1.82. The molecule has 1 saturated carbocycles. The van der Waals surface area contributed by atoms with Gasteiger partial charge in [-0.15, -0.1) is 0 Å². The monoisotopic (exact) mass is 210 g/mol. The molecule has 2 aliphatic rings. The molecule has 0 aromatic heterocycles. The van der Waals surface area contributed by atoms with Crippen molar-refractivity contribution in [2.75, 3.05) is 26.2 Å². The Kier molecular flexibility index (Phi) is 3.36. The average Bonchev–Trinajstić information content (AvgIpc) is 2.73. The summed E-state index contributed by atoms with van der Waals surface area (Å²) in [5.41, 5.74) is 6.39. The van der Waals surface area contributed by atoms with Crippen molar-refractivity contribution in [3.63, 3.8) is 0 Å². The van der Waals surface area contributed by atoms with Crippen molar-refractivity contribution >= 4 is 0 Å². The summed E-state index contributed by atoms with van der Waals surface area (Å²) < 4.78 is 0. The van der Waals surface area contributed by atoms with Gasteiger partial charge in [-0.05, 0) is 49.6 Å². The second-order valence-corrected chi connectivity index (χ2v) is 6.34. The number of rotatable bonds is 3. The van der Waals surface area contributed by atoms with E-state index in [0.29, 0.717) is 5.41 Å². The fourth-order valence-electron chi connectivity index (χ4n) is 3.38. The number of likely N-dealkylation sites (tertiary alicyclic amines) is 1. The van der Waals surface area contributed by atoms with Crippen LogP contribution in [0.3, 0.4) is 0 Å². The van der Waals surface area contributed by atoms with Gasteiger partial charge in [-0.1, -0.05) is 20.3 Å². The van der Waals surface area contributed by atoms with E-state index in [0.717, 1.165) is 18.4 Å². The van der Waals surface area contributed by atoms with Crippen LogP contribution < -0.4 is 5.73 Å². The summed E-state index contributed by atoms with van der Waals surface area (Å²) in [7, 11) is 0. The molecule has 2 nitrogen and oxygen atoms in total. The van der Waals surface area contributed by atoms with E-state index in [4.69, 9.17) is 5.73 Å². The summed E-state index contributed by atoms with van der Waals surface area (Å²) in [5, 5.41) is 0. The topological polar surface area (TPSA) is 29.3 Å². The van der Waals surface area contributed by atoms with Gasteiger partial charge in [-0.2, -0.15) is 0 Å². The molecule has 2 N–H and O–H groups in total. The van der Waals surface area contributed by atoms with E-state index in [1.54, 1.807) is 0 Å². The molecule has 0 aromatic rings. The molecule has 1 saturated heterocycles. The van der Waals surface area contributed by atoms with Gasteiger partial charge in [-0.25, -0.2) is 0 Å². The normalized spacial score (nSPS) is 36.2. The summed E-state index contributed by atoms with van der Waals surface area (Å²) in [4.78, 5) is 2.67. The van der Waals surface area contributed by atoms with Gasteiger partial charge in [0.05, 0.1) is 0 Å². The van der Waals surface area contributed by atoms with E-state index in [-0.39, 0.29) is 0 Å². The molecule has 1 aliphatic carbocycles. The Hall–Kier alpha value is -0.0800. The van der Waals surface area contributed by atoms with E-state index in [9.17, 15) is 0 Å². The van der Waals surface area contributed by atoms with Gasteiger partial charge in [-0.3, -0.25) is 0 Å². The lowest BCUT2D eigenvalue weighted by molar-refractivity contribution is 0.223. The molecule has 2 rings (SSSR count). The predicted octanol–water partition coefficient (Wildman–Crippen LogP) is 2.09. The van der Waals surface area contributed by atoms with Gasteiger partial charge < -0.3 is 10.6 Å². The van der Waals surface area contributed by atoms with Crippen LogP contribution in [0.5, 0.6) is 0 Å². The lowest BCUT2D eigenvalue weighted by Crippen LogP contribution is -2.32. The molecule has 2 heteroatoms. The maximum atomic E-state index is 5.83. The summed E-state index contributed by atoms with van der Waals surface area (Å²) in [6.07, 6.45) is 5.56. The van der Waals surface area contributed by atoms with Crippen LogP contribution in [0.15, 0.2) is 0 Å². The van der Waals surface area contributed by atoms with Crippen LogP contribution in [0.25, 0.3) is 0 Å². The summed E-state index contributed by atoms with van der Waals surface area (Å²) in [6, 6.07) is 0. The highest BCUT2D eigenvalue weighted by atomic mass is 15.2. The third-order valence-electron chi connectivity index (χ3n) is 4.37. The fourth-order valence-corrected chi connectivity index (χ4v) is 3.38. The zero-order valence-electron chi connectivity index (χ0n) is 10.3. The first-order valence-corrected chi connectivity index (χ1v) is 6.53. The minimum absolute atomic E-state index is 0.552. The standard InChI is InChI=1S/C13H26N2/c1-13(2)6-7-15(10-13)9-12-5-3-4-11(12)8-14/h11-12H,3-10,14H2,1-2H3. The Bertz CT molecular complexity index is 213. The third kappa shape index (κ3) is 2.73. The second-order valence-electron chi connectivity index (χ2n) is 6.34. The average molecular weight is 210 g/mol. The first-order valence-electron chi connectivity index (χ1n) is 6.53. The highest BCUT2D eigenvalue weighted by Gasteiger charge is 2.33. The molecular weight excluding hydrogens is 184 g/mol. The molecule has 0 radical (unpaired) electrons. The molecule has 15 heavy (non-hydrogen) atoms. The van der Waals surface area contributed by atoms with Gasteiger partial charge >= 0.3 is 0 Å². The zero-order valence-corrected chi connectivity index (χ0v) is 10.3. The van der Waals surface area contributed by atoms with Gasteiger partial charge in [0, 0.05) is 13.1 Å². The first kappa shape index (κ1) is 11.4. The molecule has 2 unspecified atom stereocenters. The maximum Gasteiger partial charge on any atom is 0.00333 e. The second kappa shape index (κ2) is 4.42. The van der Waals surface area contributed by atoms with Crippen molar-refractivity contribution < 1.29 is 0 Å². The molecular formula is C13H26N2. The van der Waals surface area contributed by atoms with Crippen molar-refractivity contribution in [2.24, 2.45) is 23.0 Å². The number of hydrogen-bond donors (Lipinski definition) is 1. The van der Waals surface area contributed by atoms with E-state index >= 15 is 0 Å². The number of nitrogens with zero attached hydrogens (tertiary/aromatic N) is 1. The van der Waals surface area contributed by atoms with Crippen LogP contribution >= 0.6 is 0 Å². The first-order chi connectivity index (χ1) is 7.11. The van der Waals surface area contributed by atoms with Crippen molar-refractivity contribution in [3.05, 3.63) is 0 Å². The smallest absolute Gasteiger partial charge is 0.00333 e. The molecule has 88 valence electrons. The van der Waals surface area contributed by atoms with Gasteiger partial charge in [0.25, 0.3) is 0 Å². The molecule has 0 aromatic carbocycles. The minimum atomic E-state index is 0.552. The fraction of sp³-hybridized carbons (Fsp3) is 1.00. The highest BCUT2D eigenvalue weighted by Crippen LogP contribution is 2.35. The zero-order chi connectivity index (χ0) is 10.9. The van der Waals surface area contributed by atoms with Crippen LogP contribution in [0.1, 0.15) is 39.5 Å². The van der Waals surface area contributed by atoms with Gasteiger partial charge in [0.15, 0.2) is 0 Å². The third-order valence-corrected chi connectivity index (χ3v) is 4.37. The van der Waals surface area contributed by atoms with Crippen LogP contribution in [-0.4, -0.2) is 31.1 Å². The minimum Gasteiger partial charge on any atom is -0.330 e. The van der Waals surface area contributed by atoms with Crippen molar-refractivity contribution in [2.45, 2.75) is 39.5 Å². The Morgan fingerprint density at radius 3 is 2.60 bits per heavy atom. The molecule has 1 aliphatic heterocycles. The summed E-state index contributed by atoms with van der Waals surface area (Å²) in [5.74, 6) is 1.71. The summed E-state index contributed by atoms with van der Waals surface area (Å²) >= 11 is 0. The van der Waals surface area contributed by atoms with Crippen LogP contribution in [0.2, 0.25) is 0 Å². The lowest BCUT2D eigenvalue weighted by Gasteiger charge is -2.25. The van der Waals surface area contributed by atoms with E-state index in [1.807, 2.05) is 0 Å². The Morgan fingerprint density at radius 1 is 1.27 bits per heavy atom. The van der Waals surface area contributed by atoms with E-state index < -0.39 is 0 Å². The van der Waals surface area contributed by atoms with Crippen molar-refractivity contribution in [3.8, 4) is 0 Å². The molecule has 2 fully saturated rings. The van der Waals surface area contributed by atoms with Crippen LogP contribution in [0.4, 0.5) is 0 Å². The van der Waals surface area contributed by atoms with Gasteiger partial charge in [0.2, 0.25) is 0 Å². The molecule has 1 heterocycles. The van der Waals surface area contributed by atoms with E-state index in [2.05, 4.69) is 18.7 Å². The SMILES string of the molecule is CC1(C)CCN(CC2CCCC2CN)C1. The van der Waals surface area contributed by atoms with E-state index in [1.165, 1.54) is 45.3 Å². The largest absolute Gasteiger partial charge is 0.330 e.